The van der Waals surface area contributed by atoms with Crippen LogP contribution in [0.3, 0.4) is 0 Å². The van der Waals surface area contributed by atoms with Gasteiger partial charge in [0, 0.05) is 57.4 Å². The topological polar surface area (TPSA) is 246 Å². The second-order valence-corrected chi connectivity index (χ2v) is 22.2. The standard InChI is InChI=1S/C51H69ClN4O16S2/c1-28-11-10-12-39(67-8)51(65)27-36(70-49(64)53-51)31(4)45-50(5,72-45)40(26-41(58)54(6)33-22-32(21-28)23-35(66-7)44(33)52)71-48(63)30(3)29(2)34(57)13-20-74-38-25-43(60)56(47(38)62)15-17-69-19-18-68-16-14-55-42(59)24-37(73-9)46(55)61/h10-12,22-23,29-31,36-40,45,65H,13-21,24-27H2,1-9H3,(H,53,64)/b12-10+,28-11+/t29?,30-,31-,36+,37?,38?,39-,40+,45+,50+,51+/m1/s1. The van der Waals surface area contributed by atoms with Crippen molar-refractivity contribution in [2.75, 3.05) is 77.7 Å². The maximum Gasteiger partial charge on any atom is 0.409 e. The molecule has 408 valence electrons. The number of likely N-dealkylation sites (tertiary alicyclic amines) is 2. The largest absolute Gasteiger partial charge is 0.495 e. The maximum atomic E-state index is 14.4. The van der Waals surface area contributed by atoms with Gasteiger partial charge in [-0.3, -0.25) is 48.7 Å². The molecule has 0 saturated carbocycles. The van der Waals surface area contributed by atoms with Crippen LogP contribution in [0, 0.1) is 17.8 Å². The van der Waals surface area contributed by atoms with Crippen molar-refractivity contribution >= 4 is 88.2 Å². The van der Waals surface area contributed by atoms with E-state index in [2.05, 4.69) is 5.32 Å². The van der Waals surface area contributed by atoms with Gasteiger partial charge in [0.2, 0.25) is 29.5 Å². The van der Waals surface area contributed by atoms with Crippen LogP contribution in [0.25, 0.3) is 0 Å². The monoisotopic (exact) mass is 1090 g/mol. The molecule has 23 heteroatoms. The summed E-state index contributed by atoms with van der Waals surface area (Å²) in [6.45, 7) is 9.33. The van der Waals surface area contributed by atoms with Crippen LogP contribution in [-0.2, 0) is 68.4 Å². The summed E-state index contributed by atoms with van der Waals surface area (Å²) < 4.78 is 40.5. The summed E-state index contributed by atoms with van der Waals surface area (Å²) >= 11 is 9.34. The van der Waals surface area contributed by atoms with Crippen LogP contribution in [0.4, 0.5) is 10.5 Å². The van der Waals surface area contributed by atoms with Gasteiger partial charge in [-0.25, -0.2) is 4.79 Å². The summed E-state index contributed by atoms with van der Waals surface area (Å²) in [5.41, 5.74) is -1.16. The lowest BCUT2D eigenvalue weighted by Gasteiger charge is -2.42. The van der Waals surface area contributed by atoms with Gasteiger partial charge >= 0.3 is 12.1 Å². The molecule has 11 atom stereocenters. The number of carbonyl (C=O) groups is 8. The number of carbonyl (C=O) groups excluding carboxylic acids is 8. The van der Waals surface area contributed by atoms with Crippen molar-refractivity contribution in [1.29, 1.82) is 0 Å². The first-order valence-corrected chi connectivity index (χ1v) is 27.4. The van der Waals surface area contributed by atoms with E-state index in [0.717, 1.165) is 16.0 Å². The van der Waals surface area contributed by atoms with Gasteiger partial charge in [-0.2, -0.15) is 11.8 Å². The van der Waals surface area contributed by atoms with Gasteiger partial charge in [-0.1, -0.05) is 56.2 Å². The van der Waals surface area contributed by atoms with Crippen LogP contribution in [0.2, 0.25) is 5.02 Å². The molecule has 6 amide bonds. The van der Waals surface area contributed by atoms with E-state index in [9.17, 15) is 43.5 Å². The number of ether oxygens (including phenoxy) is 7. The first-order valence-electron chi connectivity index (χ1n) is 24.7. The molecule has 0 aromatic heterocycles. The average molecular weight is 1090 g/mol. The number of aliphatic hydroxyl groups is 1. The third kappa shape index (κ3) is 13.7. The summed E-state index contributed by atoms with van der Waals surface area (Å²) in [5.74, 6) is -4.56. The molecule has 4 fully saturated rings. The Balaban J connectivity index is 1.06. The van der Waals surface area contributed by atoms with E-state index < -0.39 is 76.7 Å². The highest BCUT2D eigenvalue weighted by Gasteiger charge is 2.64. The van der Waals surface area contributed by atoms with Gasteiger partial charge in [-0.05, 0) is 44.2 Å². The fourth-order valence-electron chi connectivity index (χ4n) is 9.59. The lowest BCUT2D eigenvalue weighted by Crippen LogP contribution is -2.63. The predicted octanol–water partition coefficient (Wildman–Crippen LogP) is 4.28. The van der Waals surface area contributed by atoms with Crippen molar-refractivity contribution in [3.05, 3.63) is 46.5 Å². The number of nitrogens with one attached hydrogen (secondary N) is 1. The predicted molar refractivity (Wildman–Crippen MR) is 275 cm³/mol. The van der Waals surface area contributed by atoms with Crippen molar-refractivity contribution in [3.63, 3.8) is 0 Å². The smallest absolute Gasteiger partial charge is 0.409 e. The van der Waals surface area contributed by atoms with Gasteiger partial charge < -0.3 is 43.2 Å². The molecule has 74 heavy (non-hydrogen) atoms. The number of benzene rings is 1. The Morgan fingerprint density at radius 2 is 1.57 bits per heavy atom. The Bertz CT molecular complexity index is 2370. The van der Waals surface area contributed by atoms with E-state index in [0.29, 0.717) is 17.9 Å². The van der Waals surface area contributed by atoms with Crippen LogP contribution in [0.5, 0.6) is 5.75 Å². The lowest BCUT2D eigenvalue weighted by atomic mass is 9.83. The van der Waals surface area contributed by atoms with E-state index >= 15 is 0 Å². The number of alkyl carbamates (subject to hydrolysis) is 1. The Morgan fingerprint density at radius 1 is 0.932 bits per heavy atom. The number of epoxide rings is 1. The second-order valence-electron chi connectivity index (χ2n) is 19.5. The molecule has 0 spiro atoms. The van der Waals surface area contributed by atoms with E-state index in [4.69, 9.17) is 44.8 Å². The van der Waals surface area contributed by atoms with Gasteiger partial charge in [0.25, 0.3) is 0 Å². The zero-order chi connectivity index (χ0) is 54.2. The van der Waals surface area contributed by atoms with Crippen LogP contribution < -0.4 is 15.0 Å². The lowest BCUT2D eigenvalue weighted by molar-refractivity contribution is -0.161. The molecule has 1 aromatic carbocycles. The quantitative estimate of drug-likeness (QED) is 0.0801. The van der Waals surface area contributed by atoms with Crippen molar-refractivity contribution in [2.45, 2.75) is 119 Å². The molecule has 0 radical (unpaired) electrons. The first-order chi connectivity index (χ1) is 35.1. The molecule has 2 N–H and O–H groups in total. The number of amides is 6. The van der Waals surface area contributed by atoms with Gasteiger partial charge in [0.05, 0.1) is 81.3 Å². The molecule has 0 aliphatic carbocycles. The number of rotatable bonds is 20. The number of halogens is 1. The number of thioether (sulfide) groups is 2. The van der Waals surface area contributed by atoms with Gasteiger partial charge in [-0.15, -0.1) is 11.8 Å². The maximum absolute atomic E-state index is 14.4. The van der Waals surface area contributed by atoms with Crippen molar-refractivity contribution in [2.24, 2.45) is 17.8 Å². The fraction of sp³-hybridized carbons (Fsp3) is 0.647. The molecule has 5 heterocycles. The van der Waals surface area contributed by atoms with E-state index in [1.165, 1.54) is 47.5 Å². The highest BCUT2D eigenvalue weighted by molar-refractivity contribution is 8.00. The van der Waals surface area contributed by atoms with Gasteiger partial charge in [0.1, 0.15) is 40.5 Å². The molecule has 1 aromatic rings. The Morgan fingerprint density at radius 3 is 2.18 bits per heavy atom. The summed E-state index contributed by atoms with van der Waals surface area (Å²) in [7, 11) is 4.43. The Labute approximate surface area is 445 Å². The highest BCUT2D eigenvalue weighted by atomic mass is 35.5. The Hall–Kier alpha value is -4.55. The number of anilines is 1. The zero-order valence-corrected chi connectivity index (χ0v) is 45.8. The van der Waals surface area contributed by atoms with Crippen LogP contribution in [0.1, 0.15) is 72.3 Å². The first kappa shape index (κ1) is 58.7. The van der Waals surface area contributed by atoms with E-state index in [-0.39, 0.29) is 117 Å². The number of fused-ring (bicyclic) bond motifs is 5. The molecule has 5 aliphatic rings. The minimum atomic E-state index is -1.88. The van der Waals surface area contributed by atoms with Crippen molar-refractivity contribution in [1.82, 2.24) is 15.1 Å². The molecule has 3 unspecified atom stereocenters. The molecule has 20 nitrogen and oxygen atoms in total. The molecular weight excluding hydrogens is 1020 g/mol. The number of hydrogen-bond acceptors (Lipinski definition) is 18. The molecule has 4 bridgehead atoms. The summed E-state index contributed by atoms with van der Waals surface area (Å²) in [6, 6.07) is 3.54. The third-order valence-electron chi connectivity index (χ3n) is 14.5. The summed E-state index contributed by atoms with van der Waals surface area (Å²) in [5, 5.41) is 13.5. The average Bonchev–Trinajstić information content (AvgIpc) is 3.88. The number of nitrogens with zero attached hydrogens (tertiary/aromatic N) is 3. The molecule has 4 saturated heterocycles. The van der Waals surface area contributed by atoms with Crippen LogP contribution in [-0.4, -0.2) is 181 Å². The van der Waals surface area contributed by atoms with E-state index in [1.54, 1.807) is 65.3 Å². The Kier molecular flexibility index (Phi) is 20.3. The number of allylic oxidation sites excluding steroid dienone is 3. The number of ketones is 1. The number of imide groups is 2. The van der Waals surface area contributed by atoms with Gasteiger partial charge in [0.15, 0.2) is 5.72 Å². The highest BCUT2D eigenvalue weighted by Crippen LogP contribution is 2.49. The minimum absolute atomic E-state index is 0.00444. The van der Waals surface area contributed by atoms with Crippen molar-refractivity contribution in [3.8, 4) is 5.75 Å². The zero-order valence-electron chi connectivity index (χ0n) is 43.4. The second kappa shape index (κ2) is 25.5. The molecule has 5 aliphatic heterocycles. The normalized spacial score (nSPS) is 30.6. The number of esters is 1. The van der Waals surface area contributed by atoms with Crippen LogP contribution in [0.15, 0.2) is 35.9 Å². The van der Waals surface area contributed by atoms with Crippen molar-refractivity contribution < 1.29 is 76.6 Å². The molecule has 6 rings (SSSR count). The number of methoxy groups -OCH3 is 2. The summed E-state index contributed by atoms with van der Waals surface area (Å²) in [4.78, 5) is 109. The minimum Gasteiger partial charge on any atom is -0.495 e. The molecular formula is C51H69ClN4O16S2. The number of hydrogen-bond donors (Lipinski definition) is 2. The fourth-order valence-corrected chi connectivity index (χ4v) is 11.7. The van der Waals surface area contributed by atoms with E-state index in [1.807, 2.05) is 13.0 Å². The van der Waals surface area contributed by atoms with Crippen LogP contribution >= 0.6 is 35.1 Å². The third-order valence-corrected chi connectivity index (χ3v) is 17.0. The number of Topliss-reactive ketones (excluding diaryl/α,β-unsaturated/α-hetero) is 1. The SMILES string of the molecule is COc1cc2cc(c1Cl)N(C)C(=O)C[C@H](OC(=O)[C@H](C)C(C)C(=O)CCSC1CC(=O)N(CCOCCOCCN3C(=O)CC(SC)C3=O)C1=O)[C@]1(C)O[C@H]1[C@H](C)[C@@H]1C[C@@](O)(NC(=O)O1)[C@H](OC)/C=C/C=C(\C)C2. The summed E-state index contributed by atoms with van der Waals surface area (Å²) in [6.07, 6.45) is 2.37.